The summed E-state index contributed by atoms with van der Waals surface area (Å²) < 4.78 is 32.8. The molecule has 1 aromatic heterocycles. The fourth-order valence-corrected chi connectivity index (χ4v) is 3.16. The van der Waals surface area contributed by atoms with Crippen LogP contribution in [0.1, 0.15) is 51.3 Å². The van der Waals surface area contributed by atoms with Crippen LogP contribution >= 0.6 is 7.75 Å². The van der Waals surface area contributed by atoms with E-state index in [-0.39, 0.29) is 5.89 Å². The molecule has 0 N–H and O–H groups in total. The van der Waals surface area contributed by atoms with E-state index < -0.39 is 19.1 Å². The van der Waals surface area contributed by atoms with E-state index in [1.54, 1.807) is 0 Å². The topological polar surface area (TPSA) is 111 Å². The van der Waals surface area contributed by atoms with Gasteiger partial charge < -0.3 is 9.15 Å². The number of hydrogen-bond donors (Lipinski definition) is 0. The van der Waals surface area contributed by atoms with Crippen molar-refractivity contribution < 1.29 is 32.8 Å². The minimum atomic E-state index is -4.27. The van der Waals surface area contributed by atoms with Crippen LogP contribution < -0.4 is 5.76 Å². The van der Waals surface area contributed by atoms with Crippen LogP contribution in [0.4, 0.5) is 0 Å². The number of aromatic nitrogens is 2. The molecule has 0 aromatic carbocycles. The summed E-state index contributed by atoms with van der Waals surface area (Å²) in [6.07, 6.45) is 5.61. The van der Waals surface area contributed by atoms with Gasteiger partial charge in [-0.05, 0) is 19.3 Å². The van der Waals surface area contributed by atoms with E-state index in [1.807, 2.05) is 0 Å². The summed E-state index contributed by atoms with van der Waals surface area (Å²) in [5, 5.41) is 3.91. The molecule has 11 heteroatoms. The zero-order valence-corrected chi connectivity index (χ0v) is 15.0. The largest absolute Gasteiger partial charge is 0.515 e. The van der Waals surface area contributed by atoms with Gasteiger partial charge in [-0.1, -0.05) is 30.6 Å². The van der Waals surface area contributed by atoms with Crippen LogP contribution in [0.5, 0.6) is 0 Å². The normalized spacial score (nSPS) is 16.5. The molecule has 10 nitrogen and oxygen atoms in total. The third kappa shape index (κ3) is 4.33. The minimum Gasteiger partial charge on any atom is -0.389 e. The standard InChI is InChI=1S/C13H23N2O8P/c1-4-5-6-7-10-20-13(8-9-13)11-14-15(12(16)21-11)24(17,22-18-2)23-19-3/h4-10H2,1-3H3. The van der Waals surface area contributed by atoms with Gasteiger partial charge in [-0.2, -0.15) is 0 Å². The molecular weight excluding hydrogens is 343 g/mol. The number of rotatable bonds is 12. The summed E-state index contributed by atoms with van der Waals surface area (Å²) in [6.45, 7) is 2.67. The minimum absolute atomic E-state index is 0.0441. The van der Waals surface area contributed by atoms with Gasteiger partial charge in [0.2, 0.25) is 0 Å². The van der Waals surface area contributed by atoms with Gasteiger partial charge >= 0.3 is 13.5 Å². The predicted molar refractivity (Wildman–Crippen MR) is 81.0 cm³/mol. The van der Waals surface area contributed by atoms with Crippen LogP contribution in [0.15, 0.2) is 9.21 Å². The first kappa shape index (κ1) is 19.3. The molecule has 0 bridgehead atoms. The number of nitrogens with zero attached hydrogens (tertiary/aromatic N) is 2. The van der Waals surface area contributed by atoms with Crippen LogP contribution in [0.25, 0.3) is 0 Å². The number of hydrogen-bond acceptors (Lipinski definition) is 9. The molecule has 1 heterocycles. The van der Waals surface area contributed by atoms with Crippen molar-refractivity contribution in [2.45, 2.75) is 51.0 Å². The zero-order valence-electron chi connectivity index (χ0n) is 14.1. The fraction of sp³-hybridized carbons (Fsp3) is 0.846. The smallest absolute Gasteiger partial charge is 0.389 e. The molecular formula is C13H23N2O8P. The van der Waals surface area contributed by atoms with Crippen molar-refractivity contribution in [1.82, 2.24) is 9.55 Å². The first-order valence-corrected chi connectivity index (χ1v) is 9.31. The highest BCUT2D eigenvalue weighted by atomic mass is 31.2. The summed E-state index contributed by atoms with van der Waals surface area (Å²) in [6, 6.07) is 0. The maximum absolute atomic E-state index is 12.4. The van der Waals surface area contributed by atoms with E-state index >= 15 is 0 Å². The monoisotopic (exact) mass is 366 g/mol. The third-order valence-corrected chi connectivity index (χ3v) is 4.96. The van der Waals surface area contributed by atoms with Crippen molar-refractivity contribution in [2.24, 2.45) is 0 Å². The Kier molecular flexibility index (Phi) is 6.73. The second-order valence-corrected chi connectivity index (χ2v) is 7.03. The van der Waals surface area contributed by atoms with Crippen molar-refractivity contribution in [1.29, 1.82) is 0 Å². The quantitative estimate of drug-likeness (QED) is 0.238. The maximum atomic E-state index is 12.4. The highest BCUT2D eigenvalue weighted by Gasteiger charge is 2.52. The molecule has 24 heavy (non-hydrogen) atoms. The highest BCUT2D eigenvalue weighted by molar-refractivity contribution is 7.51. The van der Waals surface area contributed by atoms with E-state index in [1.165, 1.54) is 0 Å². The van der Waals surface area contributed by atoms with Gasteiger partial charge in [0.15, 0.2) is 0 Å². The molecule has 0 amide bonds. The van der Waals surface area contributed by atoms with Crippen molar-refractivity contribution in [3.8, 4) is 0 Å². The zero-order chi connectivity index (χ0) is 17.6. The Balaban J connectivity index is 2.10. The van der Waals surface area contributed by atoms with Gasteiger partial charge in [-0.25, -0.2) is 19.1 Å². The van der Waals surface area contributed by atoms with E-state index in [9.17, 15) is 9.36 Å². The highest BCUT2D eigenvalue weighted by Crippen LogP contribution is 2.51. The van der Waals surface area contributed by atoms with E-state index in [0.717, 1.165) is 39.9 Å². The Morgan fingerprint density at radius 3 is 2.42 bits per heavy atom. The number of ether oxygens (including phenoxy) is 1. The molecule has 1 aliphatic rings. The molecule has 1 saturated carbocycles. The average Bonchev–Trinajstić information content (AvgIpc) is 3.22. The Labute approximate surface area is 139 Å². The summed E-state index contributed by atoms with van der Waals surface area (Å²) >= 11 is 0. The van der Waals surface area contributed by atoms with Crippen molar-refractivity contribution in [2.75, 3.05) is 20.8 Å². The molecule has 1 fully saturated rings. The Bertz CT molecular complexity index is 614. The van der Waals surface area contributed by atoms with Crippen LogP contribution in [-0.2, 0) is 34.0 Å². The Morgan fingerprint density at radius 2 is 1.88 bits per heavy atom. The molecule has 2 rings (SSSR count). The van der Waals surface area contributed by atoms with Crippen LogP contribution in [0.2, 0.25) is 0 Å². The number of unbranched alkanes of at least 4 members (excludes halogenated alkanes) is 3. The second-order valence-electron chi connectivity index (χ2n) is 5.42. The van der Waals surface area contributed by atoms with Gasteiger partial charge in [-0.3, -0.25) is 0 Å². The summed E-state index contributed by atoms with van der Waals surface area (Å²) in [4.78, 5) is 20.6. The van der Waals surface area contributed by atoms with Crippen molar-refractivity contribution in [3.63, 3.8) is 0 Å². The van der Waals surface area contributed by atoms with E-state index in [4.69, 9.17) is 9.15 Å². The average molecular weight is 366 g/mol. The summed E-state index contributed by atoms with van der Waals surface area (Å²) in [5.74, 6) is -0.967. The van der Waals surface area contributed by atoms with Gasteiger partial charge in [0.05, 0.1) is 14.2 Å². The Hall–Kier alpha value is -1.03. The molecule has 0 atom stereocenters. The molecule has 1 aliphatic carbocycles. The van der Waals surface area contributed by atoms with Crippen LogP contribution in [0.3, 0.4) is 0 Å². The Morgan fingerprint density at radius 1 is 1.21 bits per heavy atom. The fourth-order valence-electron chi connectivity index (χ4n) is 2.20. The molecule has 0 saturated heterocycles. The van der Waals surface area contributed by atoms with Gasteiger partial charge in [0.25, 0.3) is 5.89 Å². The first-order valence-electron chi connectivity index (χ1n) is 7.81. The molecule has 0 unspecified atom stereocenters. The lowest BCUT2D eigenvalue weighted by Gasteiger charge is -2.13. The molecule has 0 spiro atoms. The lowest BCUT2D eigenvalue weighted by molar-refractivity contribution is -0.245. The molecule has 138 valence electrons. The van der Waals surface area contributed by atoms with E-state index in [2.05, 4.69) is 31.1 Å². The lowest BCUT2D eigenvalue weighted by atomic mass is 10.2. The van der Waals surface area contributed by atoms with Gasteiger partial charge in [-0.15, -0.1) is 14.4 Å². The third-order valence-electron chi connectivity index (χ3n) is 3.57. The molecule has 1 aromatic rings. The van der Waals surface area contributed by atoms with E-state index in [0.29, 0.717) is 23.9 Å². The SMILES string of the molecule is CCCCCCOC1(c2nn(P(=O)(OOC)OOC)c(=O)o2)CC1. The second kappa shape index (κ2) is 8.37. The maximum Gasteiger partial charge on any atom is 0.515 e. The predicted octanol–water partition coefficient (Wildman–Crippen LogP) is 2.53. The van der Waals surface area contributed by atoms with Gasteiger partial charge in [0, 0.05) is 6.61 Å². The van der Waals surface area contributed by atoms with Crippen molar-refractivity contribution >= 4 is 7.75 Å². The van der Waals surface area contributed by atoms with Gasteiger partial charge in [0.1, 0.15) is 5.60 Å². The van der Waals surface area contributed by atoms with Crippen LogP contribution in [0, 0.1) is 0 Å². The van der Waals surface area contributed by atoms with Crippen molar-refractivity contribution in [3.05, 3.63) is 16.4 Å². The summed E-state index contributed by atoms with van der Waals surface area (Å²) in [5.41, 5.74) is -0.748. The summed E-state index contributed by atoms with van der Waals surface area (Å²) in [7, 11) is -2.05. The molecule has 0 aliphatic heterocycles. The first-order chi connectivity index (χ1) is 11.5. The molecule has 0 radical (unpaired) electrons. The lowest BCUT2D eigenvalue weighted by Crippen LogP contribution is -2.18. The van der Waals surface area contributed by atoms with Crippen LogP contribution in [-0.4, -0.2) is 30.4 Å².